The van der Waals surface area contributed by atoms with Crippen LogP contribution in [0.25, 0.3) is 11.1 Å². The molecule has 0 bridgehead atoms. The molecule has 0 amide bonds. The van der Waals surface area contributed by atoms with Crippen LogP contribution in [0.3, 0.4) is 0 Å². The van der Waals surface area contributed by atoms with Crippen LogP contribution in [0.1, 0.15) is 159 Å². The molecule has 3 aliphatic carbocycles. The largest absolute Gasteiger partial charge is 0.311 e. The Hall–Kier alpha value is -5.02. The topological polar surface area (TPSA) is 6.48 Å². The highest BCUT2D eigenvalue weighted by Crippen LogP contribution is 2.56. The van der Waals surface area contributed by atoms with Crippen LogP contribution in [0.4, 0.5) is 34.1 Å². The molecule has 6 aromatic carbocycles. The van der Waals surface area contributed by atoms with E-state index < -0.39 is 0 Å². The lowest BCUT2D eigenvalue weighted by Gasteiger charge is -2.47. The standard InChI is InChI=1S/C61H69BN2/c1-36-25-53-55-54(26-36)64(51-31-44-41(27-37(51)2)56(4,5)23-24-57(44,6)7)52-33-46-43(59(10,11)35-61(46,14)15)30-48(52)62(55)47-29-40(39-19-17-16-18-20-39)21-22-49(47)63(53)50-32-45-42(28-38(50)3)58(8,9)34-60(45,12)13/h16-22,25-33H,23-24,34-35H2,1-15H3. The molecule has 11 rings (SSSR count). The summed E-state index contributed by atoms with van der Waals surface area (Å²) in [7, 11) is 0. The third-order valence-corrected chi connectivity index (χ3v) is 17.1. The lowest BCUT2D eigenvalue weighted by Crippen LogP contribution is -2.61. The van der Waals surface area contributed by atoms with Crippen LogP contribution in [0.15, 0.2) is 97.1 Å². The lowest BCUT2D eigenvalue weighted by molar-refractivity contribution is 0.332. The van der Waals surface area contributed by atoms with Crippen molar-refractivity contribution in [2.45, 2.75) is 162 Å². The molecule has 2 nitrogen and oxygen atoms in total. The van der Waals surface area contributed by atoms with Crippen LogP contribution in [-0.2, 0) is 32.5 Å². The van der Waals surface area contributed by atoms with Gasteiger partial charge >= 0.3 is 0 Å². The fourth-order valence-corrected chi connectivity index (χ4v) is 14.2. The van der Waals surface area contributed by atoms with Gasteiger partial charge in [-0.25, -0.2) is 0 Å². The van der Waals surface area contributed by atoms with E-state index >= 15 is 0 Å². The van der Waals surface area contributed by atoms with Crippen molar-refractivity contribution in [2.75, 3.05) is 9.80 Å². The van der Waals surface area contributed by atoms with Gasteiger partial charge in [0, 0.05) is 34.1 Å². The molecule has 0 fully saturated rings. The molecule has 0 unspecified atom stereocenters. The van der Waals surface area contributed by atoms with Gasteiger partial charge in [-0.05, 0) is 193 Å². The van der Waals surface area contributed by atoms with Gasteiger partial charge in [0.1, 0.15) is 0 Å². The lowest BCUT2D eigenvalue weighted by atomic mass is 9.33. The molecule has 0 radical (unpaired) electrons. The minimum Gasteiger partial charge on any atom is -0.311 e. The van der Waals surface area contributed by atoms with Gasteiger partial charge in [0.15, 0.2) is 0 Å². The molecule has 3 heteroatoms. The second kappa shape index (κ2) is 13.1. The number of rotatable bonds is 3. The molecule has 64 heavy (non-hydrogen) atoms. The van der Waals surface area contributed by atoms with Crippen molar-refractivity contribution in [3.05, 3.63) is 147 Å². The zero-order valence-electron chi connectivity index (χ0n) is 41.5. The fourth-order valence-electron chi connectivity index (χ4n) is 14.2. The minimum absolute atomic E-state index is 0.0509. The number of benzene rings is 6. The van der Waals surface area contributed by atoms with Gasteiger partial charge in [-0.15, -0.1) is 0 Å². The average molecular weight is 841 g/mol. The van der Waals surface area contributed by atoms with Gasteiger partial charge in [0.05, 0.1) is 0 Å². The van der Waals surface area contributed by atoms with Crippen molar-refractivity contribution in [3.63, 3.8) is 0 Å². The summed E-state index contributed by atoms with van der Waals surface area (Å²) in [4.78, 5) is 5.41. The van der Waals surface area contributed by atoms with Crippen LogP contribution in [0.5, 0.6) is 0 Å². The molecule has 2 heterocycles. The van der Waals surface area contributed by atoms with E-state index in [2.05, 4.69) is 211 Å². The maximum Gasteiger partial charge on any atom is 0.252 e. The van der Waals surface area contributed by atoms with Gasteiger partial charge in [-0.3, -0.25) is 0 Å². The fraction of sp³-hybridized carbons (Fsp3) is 0.410. The van der Waals surface area contributed by atoms with Crippen molar-refractivity contribution in [1.82, 2.24) is 0 Å². The van der Waals surface area contributed by atoms with E-state index in [4.69, 9.17) is 0 Å². The minimum atomic E-state index is 0.0509. The number of anilines is 6. The first-order valence-corrected chi connectivity index (χ1v) is 24.3. The second-order valence-corrected chi connectivity index (χ2v) is 24.9. The van der Waals surface area contributed by atoms with Gasteiger partial charge in [-0.2, -0.15) is 0 Å². The summed E-state index contributed by atoms with van der Waals surface area (Å²) in [6.07, 6.45) is 4.68. The molecule has 0 N–H and O–H groups in total. The third kappa shape index (κ3) is 5.83. The van der Waals surface area contributed by atoms with E-state index in [1.54, 1.807) is 0 Å². The molecule has 0 atom stereocenters. The number of nitrogens with zero attached hydrogens (tertiary/aromatic N) is 2. The van der Waals surface area contributed by atoms with Crippen LogP contribution in [0, 0.1) is 20.8 Å². The maximum absolute atomic E-state index is 2.73. The summed E-state index contributed by atoms with van der Waals surface area (Å²) in [5, 5.41) is 0. The molecule has 0 saturated carbocycles. The number of aryl methyl sites for hydroxylation is 3. The SMILES string of the molecule is Cc1cc2c3c(c1)N(c1cc4c(cc1C)C(C)(C)CCC4(C)C)c1cc4c(cc1B3c1cc(-c3ccccc3)ccc1N2c1cc2c(cc1C)C(C)(C)CC2(C)C)C(C)(C)CC4(C)C. The molecule has 5 aliphatic rings. The normalized spacial score (nSPS) is 20.5. The van der Waals surface area contributed by atoms with Crippen molar-refractivity contribution in [3.8, 4) is 11.1 Å². The van der Waals surface area contributed by atoms with Crippen molar-refractivity contribution >= 4 is 57.2 Å². The quantitative estimate of drug-likeness (QED) is 0.164. The van der Waals surface area contributed by atoms with Gasteiger partial charge in [-0.1, -0.05) is 144 Å². The first kappa shape index (κ1) is 41.7. The zero-order chi connectivity index (χ0) is 45.4. The summed E-state index contributed by atoms with van der Waals surface area (Å²) in [6, 6.07) is 39.1. The van der Waals surface area contributed by atoms with Crippen molar-refractivity contribution in [2.24, 2.45) is 0 Å². The van der Waals surface area contributed by atoms with E-state index in [-0.39, 0.29) is 39.2 Å². The zero-order valence-corrected chi connectivity index (χ0v) is 41.5. The molecule has 0 aromatic heterocycles. The Bertz CT molecular complexity index is 2990. The molecule has 2 aliphatic heterocycles. The summed E-state index contributed by atoms with van der Waals surface area (Å²) < 4.78 is 0. The van der Waals surface area contributed by atoms with Crippen LogP contribution in [0.2, 0.25) is 0 Å². The molecule has 6 aromatic rings. The molecule has 0 saturated heterocycles. The molecular weight excluding hydrogens is 771 g/mol. The van der Waals surface area contributed by atoms with Gasteiger partial charge in [0.2, 0.25) is 0 Å². The molecular formula is C61H69BN2. The van der Waals surface area contributed by atoms with Crippen molar-refractivity contribution in [1.29, 1.82) is 0 Å². The average Bonchev–Trinajstić information content (AvgIpc) is 3.52. The second-order valence-electron chi connectivity index (χ2n) is 24.9. The predicted molar refractivity (Wildman–Crippen MR) is 277 cm³/mol. The van der Waals surface area contributed by atoms with Crippen molar-refractivity contribution < 1.29 is 0 Å². The first-order valence-electron chi connectivity index (χ1n) is 24.3. The predicted octanol–water partition coefficient (Wildman–Crippen LogP) is 14.6. The summed E-state index contributed by atoms with van der Waals surface area (Å²) in [6.45, 7) is 36.7. The highest BCUT2D eigenvalue weighted by molar-refractivity contribution is 7.00. The number of hydrogen-bond acceptors (Lipinski definition) is 2. The Morgan fingerprint density at radius 1 is 0.375 bits per heavy atom. The Labute approximate surface area is 385 Å². The van der Waals surface area contributed by atoms with E-state index in [1.165, 1.54) is 125 Å². The van der Waals surface area contributed by atoms with Gasteiger partial charge < -0.3 is 9.80 Å². The Morgan fingerprint density at radius 3 is 1.33 bits per heavy atom. The highest BCUT2D eigenvalue weighted by atomic mass is 15.2. The highest BCUT2D eigenvalue weighted by Gasteiger charge is 2.50. The Balaban J connectivity index is 1.27. The van der Waals surface area contributed by atoms with E-state index in [1.807, 2.05) is 0 Å². The van der Waals surface area contributed by atoms with Crippen LogP contribution >= 0.6 is 0 Å². The first-order chi connectivity index (χ1) is 29.9. The monoisotopic (exact) mass is 841 g/mol. The molecule has 0 spiro atoms. The molecule has 326 valence electrons. The third-order valence-electron chi connectivity index (χ3n) is 17.1. The number of fused-ring (bicyclic) bond motifs is 7. The summed E-state index contributed by atoms with van der Waals surface area (Å²) >= 11 is 0. The van der Waals surface area contributed by atoms with E-state index in [0.717, 1.165) is 12.8 Å². The van der Waals surface area contributed by atoms with Gasteiger partial charge in [0.25, 0.3) is 6.71 Å². The van der Waals surface area contributed by atoms with Crippen LogP contribution in [-0.4, -0.2) is 6.71 Å². The summed E-state index contributed by atoms with van der Waals surface area (Å²) in [5.41, 5.74) is 28.2. The van der Waals surface area contributed by atoms with E-state index in [9.17, 15) is 0 Å². The van der Waals surface area contributed by atoms with E-state index in [0.29, 0.717) is 0 Å². The Kier molecular flexibility index (Phi) is 8.52. The maximum atomic E-state index is 2.73. The van der Waals surface area contributed by atoms with Crippen LogP contribution < -0.4 is 26.2 Å². The number of hydrogen-bond donors (Lipinski definition) is 0. The summed E-state index contributed by atoms with van der Waals surface area (Å²) in [5.74, 6) is 0. The Morgan fingerprint density at radius 2 is 0.797 bits per heavy atom. The smallest absolute Gasteiger partial charge is 0.252 e.